The first kappa shape index (κ1) is 12.2. The number of carbonyl (C=O) groups excluding carboxylic acids is 1. The number of ether oxygens (including phenoxy) is 1. The van der Waals surface area contributed by atoms with Gasteiger partial charge < -0.3 is 4.74 Å². The Balaban J connectivity index is 2.14. The van der Waals surface area contributed by atoms with Gasteiger partial charge in [-0.3, -0.25) is 0 Å². The number of rotatable bonds is 3. The maximum Gasteiger partial charge on any atom is 0.325 e. The zero-order valence-corrected chi connectivity index (χ0v) is 11.0. The Hall–Kier alpha value is -1.31. The van der Waals surface area contributed by atoms with Crippen LogP contribution in [0, 0.1) is 0 Å². The second kappa shape index (κ2) is 5.85. The van der Waals surface area contributed by atoms with Gasteiger partial charge in [0, 0.05) is 9.79 Å². The van der Waals surface area contributed by atoms with Crippen molar-refractivity contribution in [3.63, 3.8) is 0 Å². The lowest BCUT2D eigenvalue weighted by Crippen LogP contribution is -1.94. The van der Waals surface area contributed by atoms with Crippen molar-refractivity contribution in [1.29, 1.82) is 0 Å². The summed E-state index contributed by atoms with van der Waals surface area (Å²) in [5, 5.41) is 0. The molecule has 0 amide bonds. The van der Waals surface area contributed by atoms with E-state index in [2.05, 4.69) is 0 Å². The molecule has 0 saturated carbocycles. The van der Waals surface area contributed by atoms with E-state index in [1.165, 1.54) is 0 Å². The molecule has 0 aliphatic rings. The predicted molar refractivity (Wildman–Crippen MR) is 72.7 cm³/mol. The summed E-state index contributed by atoms with van der Waals surface area (Å²) in [6, 6.07) is 17.5. The van der Waals surface area contributed by atoms with Crippen molar-refractivity contribution in [1.82, 2.24) is 0 Å². The molecule has 2 aromatic carbocycles. The van der Waals surface area contributed by atoms with Crippen LogP contribution in [0.25, 0.3) is 0 Å². The predicted octanol–water partition coefficient (Wildman–Crippen LogP) is 4.21. The van der Waals surface area contributed by atoms with Gasteiger partial charge in [0.15, 0.2) is 0 Å². The Morgan fingerprint density at radius 2 is 1.71 bits per heavy atom. The number of carbonyl (C=O) groups is 1. The highest BCUT2D eigenvalue weighted by molar-refractivity contribution is 7.99. The highest BCUT2D eigenvalue weighted by atomic mass is 32.2. The first-order valence-corrected chi connectivity index (χ1v) is 6.44. The average molecular weight is 262 g/mol. The SMILES string of the molecule is O=C(P)Oc1cccc(Sc2ccccc2)c1. The van der Waals surface area contributed by atoms with Crippen LogP contribution in [0.3, 0.4) is 0 Å². The summed E-state index contributed by atoms with van der Waals surface area (Å²) in [6.45, 7) is 0. The molecule has 0 N–H and O–H groups in total. The van der Waals surface area contributed by atoms with Gasteiger partial charge in [-0.2, -0.15) is 0 Å². The Bertz CT molecular complexity index is 514. The summed E-state index contributed by atoms with van der Waals surface area (Å²) in [7, 11) is 1.99. The number of benzene rings is 2. The summed E-state index contributed by atoms with van der Waals surface area (Å²) in [5.74, 6) is 0.561. The van der Waals surface area contributed by atoms with E-state index in [1.54, 1.807) is 17.8 Å². The standard InChI is InChI=1S/C13H11O2PS/c14-13(16)15-10-5-4-8-12(9-10)17-11-6-2-1-3-7-11/h1-9H,16H2. The molecule has 2 rings (SSSR count). The highest BCUT2D eigenvalue weighted by Gasteiger charge is 2.01. The monoisotopic (exact) mass is 262 g/mol. The van der Waals surface area contributed by atoms with Crippen molar-refractivity contribution in [3.8, 4) is 5.75 Å². The molecule has 2 nitrogen and oxygen atoms in total. The normalized spacial score (nSPS) is 9.94. The fourth-order valence-corrected chi connectivity index (χ4v) is 2.37. The molecule has 1 unspecified atom stereocenters. The van der Waals surface area contributed by atoms with E-state index in [-0.39, 0.29) is 5.71 Å². The van der Waals surface area contributed by atoms with Gasteiger partial charge in [0.1, 0.15) is 5.75 Å². The van der Waals surface area contributed by atoms with E-state index < -0.39 is 0 Å². The van der Waals surface area contributed by atoms with E-state index >= 15 is 0 Å². The van der Waals surface area contributed by atoms with Crippen LogP contribution in [0.5, 0.6) is 5.75 Å². The summed E-state index contributed by atoms with van der Waals surface area (Å²) in [4.78, 5) is 13.0. The Morgan fingerprint density at radius 3 is 2.41 bits per heavy atom. The third-order valence-corrected chi connectivity index (χ3v) is 3.12. The van der Waals surface area contributed by atoms with Gasteiger partial charge in [0.25, 0.3) is 0 Å². The largest absolute Gasteiger partial charge is 0.424 e. The number of hydrogen-bond acceptors (Lipinski definition) is 3. The van der Waals surface area contributed by atoms with Gasteiger partial charge in [0.05, 0.1) is 0 Å². The second-order valence-electron chi connectivity index (χ2n) is 3.31. The van der Waals surface area contributed by atoms with Crippen LogP contribution in [0.2, 0.25) is 0 Å². The van der Waals surface area contributed by atoms with E-state index in [4.69, 9.17) is 4.74 Å². The fraction of sp³-hybridized carbons (Fsp3) is 0. The van der Waals surface area contributed by atoms with Crippen molar-refractivity contribution in [2.75, 3.05) is 0 Å². The van der Waals surface area contributed by atoms with Crippen molar-refractivity contribution in [2.24, 2.45) is 0 Å². The maximum atomic E-state index is 10.8. The minimum atomic E-state index is -0.383. The lowest BCUT2D eigenvalue weighted by atomic mass is 10.3. The van der Waals surface area contributed by atoms with Gasteiger partial charge in [-0.15, -0.1) is 0 Å². The molecule has 86 valence electrons. The molecule has 0 saturated heterocycles. The van der Waals surface area contributed by atoms with Gasteiger partial charge in [-0.1, -0.05) is 36.0 Å². The fourth-order valence-electron chi connectivity index (χ4n) is 1.34. The van der Waals surface area contributed by atoms with E-state index in [0.29, 0.717) is 5.75 Å². The molecule has 0 bridgehead atoms. The molecule has 0 heterocycles. The molecule has 1 atom stereocenters. The molecule has 0 radical (unpaired) electrons. The molecule has 0 aliphatic carbocycles. The molecule has 2 aromatic rings. The third kappa shape index (κ3) is 3.88. The Morgan fingerprint density at radius 1 is 1.00 bits per heavy atom. The van der Waals surface area contributed by atoms with E-state index in [0.717, 1.165) is 9.79 Å². The molecule has 4 heteroatoms. The van der Waals surface area contributed by atoms with E-state index in [1.807, 2.05) is 57.8 Å². The molecule has 0 aromatic heterocycles. The molecule has 17 heavy (non-hydrogen) atoms. The first-order chi connectivity index (χ1) is 8.24. The van der Waals surface area contributed by atoms with Crippen LogP contribution in [0.4, 0.5) is 4.79 Å². The van der Waals surface area contributed by atoms with Crippen LogP contribution in [0.1, 0.15) is 0 Å². The third-order valence-electron chi connectivity index (χ3n) is 2.00. The quantitative estimate of drug-likeness (QED) is 0.775. The lowest BCUT2D eigenvalue weighted by molar-refractivity contribution is 0.227. The zero-order chi connectivity index (χ0) is 12.1. The average Bonchev–Trinajstić information content (AvgIpc) is 2.30. The maximum absolute atomic E-state index is 10.8. The first-order valence-electron chi connectivity index (χ1n) is 5.04. The van der Waals surface area contributed by atoms with Crippen molar-refractivity contribution < 1.29 is 9.53 Å². The molecule has 0 spiro atoms. The van der Waals surface area contributed by atoms with Gasteiger partial charge >= 0.3 is 5.71 Å². The number of hydrogen-bond donors (Lipinski definition) is 0. The minimum absolute atomic E-state index is 0.383. The van der Waals surface area contributed by atoms with Crippen LogP contribution in [-0.4, -0.2) is 5.71 Å². The second-order valence-corrected chi connectivity index (χ2v) is 4.93. The van der Waals surface area contributed by atoms with Crippen molar-refractivity contribution >= 4 is 26.7 Å². The summed E-state index contributed by atoms with van der Waals surface area (Å²) >= 11 is 1.63. The zero-order valence-electron chi connectivity index (χ0n) is 9.00. The van der Waals surface area contributed by atoms with E-state index in [9.17, 15) is 4.79 Å². The summed E-state index contributed by atoms with van der Waals surface area (Å²) in [6.07, 6.45) is 0. The van der Waals surface area contributed by atoms with Crippen LogP contribution in [0.15, 0.2) is 64.4 Å². The molecular weight excluding hydrogens is 251 g/mol. The van der Waals surface area contributed by atoms with Crippen molar-refractivity contribution in [3.05, 3.63) is 54.6 Å². The van der Waals surface area contributed by atoms with Crippen LogP contribution < -0.4 is 4.74 Å². The smallest absolute Gasteiger partial charge is 0.325 e. The van der Waals surface area contributed by atoms with Gasteiger partial charge in [-0.25, -0.2) is 4.79 Å². The van der Waals surface area contributed by atoms with Crippen LogP contribution >= 0.6 is 21.0 Å². The highest BCUT2D eigenvalue weighted by Crippen LogP contribution is 2.29. The minimum Gasteiger partial charge on any atom is -0.424 e. The molecular formula is C13H11O2PS. The van der Waals surface area contributed by atoms with Gasteiger partial charge in [0.2, 0.25) is 0 Å². The van der Waals surface area contributed by atoms with Crippen LogP contribution in [-0.2, 0) is 0 Å². The Kier molecular flexibility index (Phi) is 4.18. The topological polar surface area (TPSA) is 26.3 Å². The summed E-state index contributed by atoms with van der Waals surface area (Å²) in [5.41, 5.74) is -0.383. The van der Waals surface area contributed by atoms with Gasteiger partial charge in [-0.05, 0) is 39.6 Å². The molecule has 0 fully saturated rings. The summed E-state index contributed by atoms with van der Waals surface area (Å²) < 4.78 is 5.00. The van der Waals surface area contributed by atoms with Crippen molar-refractivity contribution in [2.45, 2.75) is 9.79 Å². The lowest BCUT2D eigenvalue weighted by Gasteiger charge is -2.04. The molecule has 0 aliphatic heterocycles. The Labute approximate surface area is 107 Å².